The fourth-order valence-electron chi connectivity index (χ4n) is 2.33. The van der Waals surface area contributed by atoms with Gasteiger partial charge in [-0.2, -0.15) is 0 Å². The number of carboxylic acid groups (broad SMARTS) is 2. The Morgan fingerprint density at radius 1 is 1.00 bits per heavy atom. The van der Waals surface area contributed by atoms with E-state index in [-0.39, 0.29) is 11.1 Å². The summed E-state index contributed by atoms with van der Waals surface area (Å²) in [5.74, 6) is -2.23. The molecular weight excluding hydrogens is 326 g/mol. The van der Waals surface area contributed by atoms with E-state index in [1.54, 1.807) is 18.3 Å². The molecule has 0 saturated heterocycles. The molecule has 1 heterocycles. The third-order valence-corrected chi connectivity index (χ3v) is 4.34. The number of hydrogen-bond acceptors (Lipinski definition) is 4. The van der Waals surface area contributed by atoms with E-state index in [1.807, 2.05) is 5.51 Å². The van der Waals surface area contributed by atoms with Gasteiger partial charge in [-0.05, 0) is 41.8 Å². The highest BCUT2D eigenvalue weighted by Gasteiger charge is 2.18. The number of aryl methyl sites for hydroxylation is 1. The average Bonchev–Trinajstić information content (AvgIpc) is 3.04. The lowest BCUT2D eigenvalue weighted by Gasteiger charge is -2.19. The summed E-state index contributed by atoms with van der Waals surface area (Å²) in [5, 5.41) is 19.4. The topological polar surface area (TPSA) is 87.5 Å². The molecule has 0 atom stereocenters. The van der Waals surface area contributed by atoms with E-state index >= 15 is 0 Å². The van der Waals surface area contributed by atoms with Gasteiger partial charge in [0.2, 0.25) is 0 Å². The van der Waals surface area contributed by atoms with E-state index in [1.165, 1.54) is 28.8 Å². The summed E-state index contributed by atoms with van der Waals surface area (Å²) in [5.41, 5.74) is 7.64. The van der Waals surface area contributed by atoms with Crippen LogP contribution in [0, 0.1) is 6.92 Å². The third kappa shape index (κ3) is 2.91. The summed E-state index contributed by atoms with van der Waals surface area (Å²) >= 11 is 1.65. The van der Waals surface area contributed by atoms with E-state index in [4.69, 9.17) is 10.2 Å². The second kappa shape index (κ2) is 6.25. The van der Waals surface area contributed by atoms with Crippen LogP contribution in [0.5, 0.6) is 0 Å². The van der Waals surface area contributed by atoms with Crippen LogP contribution in [0.3, 0.4) is 0 Å². The maximum Gasteiger partial charge on any atom is 0.335 e. The second-order valence-corrected chi connectivity index (χ2v) is 5.99. The number of aromatic carboxylic acids is 2. The lowest BCUT2D eigenvalue weighted by molar-refractivity contribution is 0.0695. The molecule has 0 bridgehead atoms. The minimum absolute atomic E-state index is 0.0111. The van der Waals surface area contributed by atoms with Gasteiger partial charge in [-0.1, -0.05) is 18.2 Å². The van der Waals surface area contributed by atoms with Gasteiger partial charge in [-0.15, -0.1) is 11.3 Å². The highest BCUT2D eigenvalue weighted by Crippen LogP contribution is 2.42. The third-order valence-electron chi connectivity index (χ3n) is 3.75. The molecule has 5 nitrogen and oxygen atoms in total. The molecule has 2 aliphatic carbocycles. The Balaban J connectivity index is 0.000000142. The predicted octanol–water partition coefficient (Wildman–Crippen LogP) is 4.18. The van der Waals surface area contributed by atoms with Crippen LogP contribution in [0.15, 0.2) is 47.3 Å². The Morgan fingerprint density at radius 2 is 1.79 bits per heavy atom. The van der Waals surface area contributed by atoms with Crippen molar-refractivity contribution in [2.75, 3.05) is 0 Å². The molecule has 120 valence electrons. The molecule has 2 N–H and O–H groups in total. The predicted molar refractivity (Wildman–Crippen MR) is 91.6 cm³/mol. The molecule has 0 radical (unpaired) electrons. The first kappa shape index (κ1) is 15.9. The first-order valence-electron chi connectivity index (χ1n) is 7.07. The zero-order valence-electron chi connectivity index (χ0n) is 12.7. The molecule has 1 aromatic heterocycles. The Labute approximate surface area is 141 Å². The van der Waals surface area contributed by atoms with E-state index in [2.05, 4.69) is 28.6 Å². The van der Waals surface area contributed by atoms with Crippen LogP contribution in [-0.2, 0) is 0 Å². The number of carbonyl (C=O) groups is 2. The fraction of sp³-hybridized carbons (Fsp3) is 0.0556. The molecule has 2 aromatic rings. The van der Waals surface area contributed by atoms with Gasteiger partial charge in [-0.25, -0.2) is 14.6 Å². The van der Waals surface area contributed by atoms with Gasteiger partial charge in [-0.3, -0.25) is 0 Å². The van der Waals surface area contributed by atoms with Crippen molar-refractivity contribution in [3.63, 3.8) is 0 Å². The number of rotatable bonds is 3. The smallest absolute Gasteiger partial charge is 0.335 e. The number of nitrogens with zero attached hydrogens (tertiary/aromatic N) is 1. The molecule has 0 unspecified atom stereocenters. The molecule has 0 amide bonds. The molecule has 24 heavy (non-hydrogen) atoms. The Bertz CT molecular complexity index is 932. The Morgan fingerprint density at radius 3 is 2.25 bits per heavy atom. The molecule has 1 aromatic carbocycles. The van der Waals surface area contributed by atoms with Gasteiger partial charge < -0.3 is 10.2 Å². The number of carboxylic acids is 2. The van der Waals surface area contributed by atoms with Gasteiger partial charge in [0.1, 0.15) is 0 Å². The standard InChI is InChI=1S/C9H5NS.C9H8O4/c1-2-7-6(1)3-8(7)9-4-11-5-10-9;1-5-2-3-6(8(10)11)4-7(5)9(12)13/h1-5H;2-4H,1H3,(H,10,11)(H,12,13). The summed E-state index contributed by atoms with van der Waals surface area (Å²) in [4.78, 5) is 25.3. The molecule has 0 aliphatic heterocycles. The van der Waals surface area contributed by atoms with Crippen molar-refractivity contribution in [1.29, 1.82) is 0 Å². The van der Waals surface area contributed by atoms with Crippen molar-refractivity contribution in [1.82, 2.24) is 4.98 Å². The van der Waals surface area contributed by atoms with Crippen LogP contribution in [-0.4, -0.2) is 27.1 Å². The lowest BCUT2D eigenvalue weighted by Crippen LogP contribution is -2.03. The summed E-state index contributed by atoms with van der Waals surface area (Å²) in [7, 11) is 0. The minimum atomic E-state index is -1.12. The Kier molecular flexibility index (Phi) is 4.14. The average molecular weight is 339 g/mol. The maximum absolute atomic E-state index is 10.6. The highest BCUT2D eigenvalue weighted by molar-refractivity contribution is 7.07. The van der Waals surface area contributed by atoms with Crippen molar-refractivity contribution in [3.8, 4) is 22.4 Å². The molecule has 2 aliphatic rings. The van der Waals surface area contributed by atoms with Crippen LogP contribution >= 0.6 is 11.3 Å². The van der Waals surface area contributed by atoms with Crippen molar-refractivity contribution in [3.05, 3.63) is 64.0 Å². The monoisotopic (exact) mass is 339 g/mol. The van der Waals surface area contributed by atoms with Crippen LogP contribution in [0.2, 0.25) is 0 Å². The van der Waals surface area contributed by atoms with E-state index < -0.39 is 11.9 Å². The van der Waals surface area contributed by atoms with Crippen molar-refractivity contribution in [2.45, 2.75) is 6.92 Å². The highest BCUT2D eigenvalue weighted by atomic mass is 32.1. The number of thiazole rings is 1. The van der Waals surface area contributed by atoms with Gasteiger partial charge in [0, 0.05) is 10.9 Å². The van der Waals surface area contributed by atoms with Gasteiger partial charge in [0.15, 0.2) is 0 Å². The van der Waals surface area contributed by atoms with Gasteiger partial charge >= 0.3 is 11.9 Å². The van der Waals surface area contributed by atoms with Gasteiger partial charge in [0.05, 0.1) is 22.3 Å². The maximum atomic E-state index is 10.6. The van der Waals surface area contributed by atoms with E-state index in [9.17, 15) is 9.59 Å². The summed E-state index contributed by atoms with van der Waals surface area (Å²) in [6.45, 7) is 1.62. The number of fused-ring (bicyclic) bond motifs is 1. The molecule has 0 saturated carbocycles. The van der Waals surface area contributed by atoms with Crippen molar-refractivity contribution >= 4 is 23.3 Å². The molecular formula is C18H13NO4S. The van der Waals surface area contributed by atoms with E-state index in [0.717, 1.165) is 11.8 Å². The van der Waals surface area contributed by atoms with Crippen molar-refractivity contribution < 1.29 is 19.8 Å². The van der Waals surface area contributed by atoms with Crippen LogP contribution in [0.1, 0.15) is 26.3 Å². The largest absolute Gasteiger partial charge is 0.478 e. The first-order valence-corrected chi connectivity index (χ1v) is 8.02. The summed E-state index contributed by atoms with van der Waals surface area (Å²) < 4.78 is 0. The first-order chi connectivity index (χ1) is 11.5. The minimum Gasteiger partial charge on any atom is -0.478 e. The molecule has 6 heteroatoms. The zero-order valence-corrected chi connectivity index (χ0v) is 13.5. The van der Waals surface area contributed by atoms with Crippen LogP contribution in [0.25, 0.3) is 22.4 Å². The number of benzene rings is 2. The summed E-state index contributed by atoms with van der Waals surface area (Å²) in [6.07, 6.45) is 0. The zero-order chi connectivity index (χ0) is 17.3. The molecule has 4 rings (SSSR count). The Hall–Kier alpha value is -2.99. The normalized spacial score (nSPS) is 10.5. The van der Waals surface area contributed by atoms with Crippen LogP contribution in [0.4, 0.5) is 0 Å². The van der Waals surface area contributed by atoms with E-state index in [0.29, 0.717) is 5.56 Å². The van der Waals surface area contributed by atoms with Crippen LogP contribution < -0.4 is 0 Å². The van der Waals surface area contributed by atoms with Gasteiger partial charge in [0.25, 0.3) is 0 Å². The van der Waals surface area contributed by atoms with Crippen molar-refractivity contribution in [2.24, 2.45) is 0 Å². The SMILES string of the molecule is Cc1ccc(C(=O)O)cc1C(=O)O.c1nc(-c2cc3ccc2-3)cs1. The lowest BCUT2D eigenvalue weighted by atomic mass is 9.85. The second-order valence-electron chi connectivity index (χ2n) is 5.27. The fourth-order valence-corrected chi connectivity index (χ4v) is 2.88. The number of aromatic nitrogens is 1. The number of hydrogen-bond donors (Lipinski definition) is 2. The quantitative estimate of drug-likeness (QED) is 0.584. The molecule has 0 spiro atoms. The molecule has 0 fully saturated rings. The summed E-state index contributed by atoms with van der Waals surface area (Å²) in [6, 6.07) is 10.5.